The van der Waals surface area contributed by atoms with Gasteiger partial charge in [-0.3, -0.25) is 0 Å². The third-order valence-electron chi connectivity index (χ3n) is 1.27. The zero-order valence-corrected chi connectivity index (χ0v) is 9.84. The quantitative estimate of drug-likeness (QED) is 0.742. The topological polar surface area (TPSA) is 17.1 Å². The van der Waals surface area contributed by atoms with Gasteiger partial charge in [0.2, 0.25) is 0 Å². The molecule has 1 rings (SSSR count). The molecule has 0 aliphatic heterocycles. The van der Waals surface area contributed by atoms with Gasteiger partial charge in [-0.2, -0.15) is 0 Å². The average molecular weight is 242 g/mol. The molecule has 0 spiro atoms. The summed E-state index contributed by atoms with van der Waals surface area (Å²) in [5, 5.41) is 0.223. The van der Waals surface area contributed by atoms with Crippen molar-refractivity contribution in [1.82, 2.24) is 0 Å². The Morgan fingerprint density at radius 2 is 1.83 bits per heavy atom. The maximum atomic E-state index is 11.5. The van der Waals surface area contributed by atoms with Gasteiger partial charge in [-0.15, -0.1) is 0 Å². The fraction of sp³-hybridized carbons (Fsp3) is 0.222. The van der Waals surface area contributed by atoms with E-state index in [4.69, 9.17) is 0 Å². The summed E-state index contributed by atoms with van der Waals surface area (Å²) in [4.78, 5) is 11.5. The van der Waals surface area contributed by atoms with Crippen molar-refractivity contribution in [2.24, 2.45) is 0 Å². The van der Waals surface area contributed by atoms with E-state index < -0.39 is 13.5 Å². The third kappa shape index (κ3) is 3.04. The fourth-order valence-electron chi connectivity index (χ4n) is 0.793. The molecule has 0 bridgehead atoms. The molecular weight excluding hydrogens is 231 g/mol. The molecule has 1 aromatic rings. The summed E-state index contributed by atoms with van der Waals surface area (Å²) in [6, 6.07) is 9.46. The number of hydrogen-bond donors (Lipinski definition) is 0. The van der Waals surface area contributed by atoms with Crippen LogP contribution in [0.25, 0.3) is 0 Å². The normalized spacial score (nSPS) is 10.2. The van der Waals surface area contributed by atoms with Crippen LogP contribution in [0.15, 0.2) is 30.3 Å². The molecule has 0 N–H and O–H groups in total. The van der Waals surface area contributed by atoms with Crippen LogP contribution in [-0.2, 0) is 0 Å². The first-order valence-electron chi connectivity index (χ1n) is 3.65. The first-order valence-corrected chi connectivity index (χ1v) is 10.5. The van der Waals surface area contributed by atoms with Crippen LogP contribution in [0, 0.1) is 0 Å². The summed E-state index contributed by atoms with van der Waals surface area (Å²) >= 11 is -0.891. The number of carbonyl (C=O) groups is 1. The molecule has 0 radical (unpaired) electrons. The van der Waals surface area contributed by atoms with Crippen molar-refractivity contribution in [1.29, 1.82) is 0 Å². The Bertz CT molecular complexity index is 258. The molecule has 0 saturated carbocycles. The Labute approximate surface area is 80.8 Å². The molecule has 0 aromatic heterocycles. The van der Waals surface area contributed by atoms with E-state index in [1.807, 2.05) is 30.3 Å². The summed E-state index contributed by atoms with van der Waals surface area (Å²) in [5.41, 5.74) is 5.15. The summed E-state index contributed by atoms with van der Waals surface area (Å²) in [7, 11) is 1.51. The molecule has 0 atom stereocenters. The van der Waals surface area contributed by atoms with E-state index >= 15 is 0 Å². The molecule has 1 nitrogen and oxygen atoms in total. The molecule has 64 valence electrons. The predicted molar refractivity (Wildman–Crippen MR) is 55.8 cm³/mol. The van der Waals surface area contributed by atoms with Crippen LogP contribution in [0.5, 0.6) is 0 Å². The number of benzene rings is 1. The van der Waals surface area contributed by atoms with Gasteiger partial charge < -0.3 is 0 Å². The SMILES string of the molecule is C[As](C)SC(=O)c1ccccc1. The van der Waals surface area contributed by atoms with Gasteiger partial charge in [0.1, 0.15) is 0 Å². The van der Waals surface area contributed by atoms with Crippen LogP contribution >= 0.6 is 10.0 Å². The van der Waals surface area contributed by atoms with Gasteiger partial charge in [-0.1, -0.05) is 0 Å². The van der Waals surface area contributed by atoms with E-state index in [1.165, 1.54) is 10.0 Å². The predicted octanol–water partition coefficient (Wildman–Crippen LogP) is 2.81. The van der Waals surface area contributed by atoms with E-state index in [1.54, 1.807) is 0 Å². The van der Waals surface area contributed by atoms with Crippen molar-refractivity contribution < 1.29 is 4.79 Å². The van der Waals surface area contributed by atoms with E-state index in [9.17, 15) is 4.79 Å². The number of rotatable bonds is 2. The number of carbonyl (C=O) groups excluding carboxylic acids is 1. The summed E-state index contributed by atoms with van der Waals surface area (Å²) in [5.74, 6) is 0. The van der Waals surface area contributed by atoms with Crippen molar-refractivity contribution in [2.75, 3.05) is 0 Å². The minimum atomic E-state index is -0.891. The van der Waals surface area contributed by atoms with Crippen molar-refractivity contribution in [2.45, 2.75) is 11.4 Å². The second-order valence-electron chi connectivity index (χ2n) is 2.56. The Morgan fingerprint density at radius 3 is 2.33 bits per heavy atom. The molecule has 0 amide bonds. The van der Waals surface area contributed by atoms with E-state index in [-0.39, 0.29) is 5.12 Å². The Hall–Kier alpha value is -0.202. The molecule has 0 heterocycles. The van der Waals surface area contributed by atoms with Crippen LogP contribution in [0.4, 0.5) is 0 Å². The van der Waals surface area contributed by atoms with Crippen molar-refractivity contribution in [3.63, 3.8) is 0 Å². The zero-order chi connectivity index (χ0) is 8.97. The van der Waals surface area contributed by atoms with Gasteiger partial charge in [-0.25, -0.2) is 0 Å². The van der Waals surface area contributed by atoms with Crippen molar-refractivity contribution >= 4 is 28.6 Å². The van der Waals surface area contributed by atoms with Gasteiger partial charge in [0.05, 0.1) is 0 Å². The first-order chi connectivity index (χ1) is 5.70. The Morgan fingerprint density at radius 1 is 1.25 bits per heavy atom. The zero-order valence-electron chi connectivity index (χ0n) is 7.15. The van der Waals surface area contributed by atoms with E-state index in [0.717, 1.165) is 5.56 Å². The summed E-state index contributed by atoms with van der Waals surface area (Å²) in [6.07, 6.45) is 0. The van der Waals surface area contributed by atoms with Crippen LogP contribution in [0.1, 0.15) is 10.4 Å². The third-order valence-corrected chi connectivity index (χ3v) is 5.38. The van der Waals surface area contributed by atoms with Crippen LogP contribution < -0.4 is 0 Å². The second kappa shape index (κ2) is 4.73. The monoisotopic (exact) mass is 242 g/mol. The second-order valence-corrected chi connectivity index (χ2v) is 11.5. The van der Waals surface area contributed by atoms with Gasteiger partial charge in [-0.05, 0) is 0 Å². The standard InChI is InChI=1S/C9H11AsOS/c1-10(2)12-9(11)8-6-4-3-5-7-8/h3-7H,1-2H3. The molecule has 1 aromatic carbocycles. The van der Waals surface area contributed by atoms with E-state index in [2.05, 4.69) is 11.4 Å². The molecule has 0 saturated heterocycles. The average Bonchev–Trinajstić information content (AvgIpc) is 2.05. The Balaban J connectivity index is 2.66. The minimum absolute atomic E-state index is 0.223. The molecule has 0 unspecified atom stereocenters. The van der Waals surface area contributed by atoms with Crippen molar-refractivity contribution in [3.05, 3.63) is 35.9 Å². The van der Waals surface area contributed by atoms with Crippen LogP contribution in [0.3, 0.4) is 0 Å². The number of hydrogen-bond acceptors (Lipinski definition) is 2. The van der Waals surface area contributed by atoms with Crippen LogP contribution in [0.2, 0.25) is 11.4 Å². The Kier molecular flexibility index (Phi) is 3.90. The fourth-order valence-corrected chi connectivity index (χ4v) is 4.12. The maximum absolute atomic E-state index is 11.5. The molecular formula is C9H11AsOS. The van der Waals surface area contributed by atoms with Crippen LogP contribution in [-0.4, -0.2) is 18.6 Å². The summed E-state index contributed by atoms with van der Waals surface area (Å²) < 4.78 is 0. The van der Waals surface area contributed by atoms with E-state index in [0.29, 0.717) is 0 Å². The first kappa shape index (κ1) is 9.88. The molecule has 0 fully saturated rings. The molecule has 12 heavy (non-hydrogen) atoms. The molecule has 0 aliphatic carbocycles. The van der Waals surface area contributed by atoms with Crippen molar-refractivity contribution in [3.8, 4) is 0 Å². The molecule has 0 aliphatic rings. The van der Waals surface area contributed by atoms with Gasteiger partial charge >= 0.3 is 80.7 Å². The van der Waals surface area contributed by atoms with Gasteiger partial charge in [0.25, 0.3) is 0 Å². The summed E-state index contributed by atoms with van der Waals surface area (Å²) in [6.45, 7) is 0. The van der Waals surface area contributed by atoms with Gasteiger partial charge in [0.15, 0.2) is 0 Å². The van der Waals surface area contributed by atoms with Gasteiger partial charge in [0, 0.05) is 0 Å². The molecule has 3 heteroatoms.